The van der Waals surface area contributed by atoms with Crippen molar-refractivity contribution in [2.24, 2.45) is 0 Å². The maximum atomic E-state index is 11.0. The van der Waals surface area contributed by atoms with Gasteiger partial charge >= 0.3 is 5.97 Å². The molecule has 17 heavy (non-hydrogen) atoms. The summed E-state index contributed by atoms with van der Waals surface area (Å²) in [7, 11) is 1.52. The number of rotatable bonds is 3. The number of benzene rings is 1. The van der Waals surface area contributed by atoms with Gasteiger partial charge in [0.05, 0.1) is 18.8 Å². The summed E-state index contributed by atoms with van der Waals surface area (Å²) in [5, 5.41) is 9.00. The Kier molecular flexibility index (Phi) is 3.39. The average Bonchev–Trinajstić information content (AvgIpc) is 2.77. The lowest BCUT2D eigenvalue weighted by molar-refractivity contribution is 0.0692. The van der Waals surface area contributed by atoms with Crippen LogP contribution in [0.1, 0.15) is 10.5 Å². The molecule has 1 aromatic carbocycles. The van der Waals surface area contributed by atoms with Crippen LogP contribution in [0.4, 0.5) is 0 Å². The molecule has 2 aromatic rings. The minimum absolute atomic E-state index is 0.0635. The lowest BCUT2D eigenvalue weighted by Crippen LogP contribution is -2.00. The number of carbonyl (C=O) groups is 1. The van der Waals surface area contributed by atoms with Crippen molar-refractivity contribution in [2.45, 2.75) is 0 Å². The van der Waals surface area contributed by atoms with E-state index in [1.165, 1.54) is 7.11 Å². The van der Waals surface area contributed by atoms with Crippen LogP contribution in [0, 0.1) is 0 Å². The summed E-state index contributed by atoms with van der Waals surface area (Å²) in [6.07, 6.45) is 0. The van der Waals surface area contributed by atoms with Crippen molar-refractivity contribution in [3.05, 3.63) is 28.4 Å². The summed E-state index contributed by atoms with van der Waals surface area (Å²) in [4.78, 5) is 11.0. The van der Waals surface area contributed by atoms with Crippen molar-refractivity contribution >= 4 is 33.6 Å². The molecule has 0 bridgehead atoms. The third-order valence-electron chi connectivity index (χ3n) is 2.11. The van der Waals surface area contributed by atoms with Gasteiger partial charge in [-0.25, -0.2) is 4.79 Å². The molecule has 0 amide bonds. The lowest BCUT2D eigenvalue weighted by atomic mass is 10.1. The van der Waals surface area contributed by atoms with Crippen molar-refractivity contribution in [1.82, 2.24) is 8.75 Å². The number of ether oxygens (including phenoxy) is 1. The van der Waals surface area contributed by atoms with Gasteiger partial charge in [-0.2, -0.15) is 8.75 Å². The Hall–Kier alpha value is -1.47. The van der Waals surface area contributed by atoms with Crippen LogP contribution in [0.5, 0.6) is 5.75 Å². The van der Waals surface area contributed by atoms with Gasteiger partial charge in [0.1, 0.15) is 11.4 Å². The highest BCUT2D eigenvalue weighted by molar-refractivity contribution is 9.10. The Morgan fingerprint density at radius 1 is 1.47 bits per heavy atom. The molecule has 7 heteroatoms. The van der Waals surface area contributed by atoms with Crippen LogP contribution in [-0.4, -0.2) is 26.9 Å². The molecule has 0 radical (unpaired) electrons. The molecule has 0 saturated heterocycles. The number of hydrogen-bond acceptors (Lipinski definition) is 5. The normalized spacial score (nSPS) is 10.2. The van der Waals surface area contributed by atoms with E-state index in [0.29, 0.717) is 17.0 Å². The zero-order valence-electron chi connectivity index (χ0n) is 8.68. The molecule has 1 aromatic heterocycles. The summed E-state index contributed by atoms with van der Waals surface area (Å²) in [6.45, 7) is 0. The fourth-order valence-corrected chi connectivity index (χ4v) is 2.29. The predicted molar refractivity (Wildman–Crippen MR) is 66.6 cm³/mol. The van der Waals surface area contributed by atoms with E-state index < -0.39 is 5.97 Å². The van der Waals surface area contributed by atoms with Crippen LogP contribution in [0.3, 0.4) is 0 Å². The fourth-order valence-electron chi connectivity index (χ4n) is 1.37. The van der Waals surface area contributed by atoms with Crippen LogP contribution < -0.4 is 4.74 Å². The Labute approximate surface area is 110 Å². The number of aromatic nitrogens is 2. The van der Waals surface area contributed by atoms with Gasteiger partial charge in [-0.3, -0.25) is 0 Å². The standard InChI is InChI=1S/C10H7BrN2O3S/c1-16-7-3-2-5(11)4-6(7)8-9(10(14)15)13-17-12-8/h2-4H,1H3,(H,14,15). The molecule has 0 unspecified atom stereocenters. The first-order valence-corrected chi connectivity index (χ1v) is 6.05. The van der Waals surface area contributed by atoms with Crippen LogP contribution >= 0.6 is 27.7 Å². The minimum atomic E-state index is -1.10. The largest absolute Gasteiger partial charge is 0.496 e. The summed E-state index contributed by atoms with van der Waals surface area (Å²) in [5.41, 5.74) is 0.861. The van der Waals surface area contributed by atoms with Gasteiger partial charge < -0.3 is 9.84 Å². The van der Waals surface area contributed by atoms with E-state index in [2.05, 4.69) is 24.7 Å². The van der Waals surface area contributed by atoms with Gasteiger partial charge in [-0.05, 0) is 18.2 Å². The topological polar surface area (TPSA) is 72.3 Å². The van der Waals surface area contributed by atoms with Crippen molar-refractivity contribution in [3.8, 4) is 17.0 Å². The van der Waals surface area contributed by atoms with E-state index in [0.717, 1.165) is 16.2 Å². The highest BCUT2D eigenvalue weighted by atomic mass is 79.9. The number of methoxy groups -OCH3 is 1. The van der Waals surface area contributed by atoms with Gasteiger partial charge in [0.25, 0.3) is 0 Å². The lowest BCUT2D eigenvalue weighted by Gasteiger charge is -2.06. The maximum Gasteiger partial charge on any atom is 0.357 e. The molecule has 1 N–H and O–H groups in total. The molecule has 2 rings (SSSR count). The first-order valence-electron chi connectivity index (χ1n) is 4.53. The number of halogens is 1. The average molecular weight is 315 g/mol. The summed E-state index contributed by atoms with van der Waals surface area (Å²) < 4.78 is 13.8. The molecule has 0 aliphatic rings. The SMILES string of the molecule is COc1ccc(Br)cc1-c1nsnc1C(=O)O. The minimum Gasteiger partial charge on any atom is -0.496 e. The summed E-state index contributed by atoms with van der Waals surface area (Å²) in [6, 6.07) is 5.30. The molecule has 0 spiro atoms. The Morgan fingerprint density at radius 3 is 2.88 bits per heavy atom. The molecule has 0 saturated carbocycles. The van der Waals surface area contributed by atoms with Crippen molar-refractivity contribution in [2.75, 3.05) is 7.11 Å². The Balaban J connectivity index is 2.63. The molecule has 0 aliphatic heterocycles. The van der Waals surface area contributed by atoms with E-state index in [1.807, 2.05) is 6.07 Å². The smallest absolute Gasteiger partial charge is 0.357 e. The van der Waals surface area contributed by atoms with E-state index in [9.17, 15) is 4.79 Å². The first-order chi connectivity index (χ1) is 8.13. The van der Waals surface area contributed by atoms with Gasteiger partial charge in [0, 0.05) is 10.0 Å². The molecular formula is C10H7BrN2O3S. The molecule has 5 nitrogen and oxygen atoms in total. The number of aromatic carboxylic acids is 1. The first kappa shape index (κ1) is 12.0. The van der Waals surface area contributed by atoms with Crippen LogP contribution in [0.15, 0.2) is 22.7 Å². The van der Waals surface area contributed by atoms with Crippen molar-refractivity contribution < 1.29 is 14.6 Å². The summed E-state index contributed by atoms with van der Waals surface area (Å²) in [5.74, 6) is -0.542. The quantitative estimate of drug-likeness (QED) is 0.943. The molecule has 0 atom stereocenters. The second-order valence-corrected chi connectivity index (χ2v) is 4.56. The van der Waals surface area contributed by atoms with Gasteiger partial charge in [0.15, 0.2) is 5.69 Å². The zero-order valence-corrected chi connectivity index (χ0v) is 11.1. The number of hydrogen-bond donors (Lipinski definition) is 1. The number of nitrogens with zero attached hydrogens (tertiary/aromatic N) is 2. The van der Waals surface area contributed by atoms with Crippen molar-refractivity contribution in [1.29, 1.82) is 0 Å². The molecule has 88 valence electrons. The fraction of sp³-hybridized carbons (Fsp3) is 0.100. The molecular weight excluding hydrogens is 308 g/mol. The van der Waals surface area contributed by atoms with E-state index in [-0.39, 0.29) is 5.69 Å². The van der Waals surface area contributed by atoms with E-state index in [4.69, 9.17) is 9.84 Å². The van der Waals surface area contributed by atoms with E-state index in [1.54, 1.807) is 12.1 Å². The maximum absolute atomic E-state index is 11.0. The van der Waals surface area contributed by atoms with Gasteiger partial charge in [-0.15, -0.1) is 0 Å². The highest BCUT2D eigenvalue weighted by Gasteiger charge is 2.20. The molecule has 0 fully saturated rings. The predicted octanol–water partition coefficient (Wildman–Crippen LogP) is 2.67. The molecule has 1 heterocycles. The van der Waals surface area contributed by atoms with Gasteiger partial charge in [0.2, 0.25) is 0 Å². The van der Waals surface area contributed by atoms with E-state index >= 15 is 0 Å². The monoisotopic (exact) mass is 314 g/mol. The Morgan fingerprint density at radius 2 is 2.24 bits per heavy atom. The Bertz CT molecular complexity index is 570. The number of carboxylic acid groups (broad SMARTS) is 1. The summed E-state index contributed by atoms with van der Waals surface area (Å²) >= 11 is 4.19. The van der Waals surface area contributed by atoms with Crippen LogP contribution in [0.25, 0.3) is 11.3 Å². The number of carboxylic acids is 1. The second-order valence-electron chi connectivity index (χ2n) is 3.11. The highest BCUT2D eigenvalue weighted by Crippen LogP contribution is 2.33. The third-order valence-corrected chi connectivity index (χ3v) is 3.13. The van der Waals surface area contributed by atoms with Crippen LogP contribution in [0.2, 0.25) is 0 Å². The molecule has 0 aliphatic carbocycles. The van der Waals surface area contributed by atoms with Crippen molar-refractivity contribution in [3.63, 3.8) is 0 Å². The van der Waals surface area contributed by atoms with Gasteiger partial charge in [-0.1, -0.05) is 15.9 Å². The van der Waals surface area contributed by atoms with Crippen LogP contribution in [-0.2, 0) is 0 Å². The third kappa shape index (κ3) is 2.29. The zero-order chi connectivity index (χ0) is 12.4. The second kappa shape index (κ2) is 4.80.